The van der Waals surface area contributed by atoms with Crippen molar-refractivity contribution >= 4 is 39.3 Å². The van der Waals surface area contributed by atoms with E-state index in [9.17, 15) is 4.79 Å². The van der Waals surface area contributed by atoms with Gasteiger partial charge in [0.05, 0.1) is 33.5 Å². The van der Waals surface area contributed by atoms with Gasteiger partial charge in [-0.25, -0.2) is 24.8 Å². The topological polar surface area (TPSA) is 93.9 Å². The summed E-state index contributed by atoms with van der Waals surface area (Å²) in [6.45, 7) is 0. The summed E-state index contributed by atoms with van der Waals surface area (Å²) in [5.41, 5.74) is 10.6. The number of fused-ring (bicyclic) bond motifs is 4. The summed E-state index contributed by atoms with van der Waals surface area (Å²) in [5, 5.41) is 1.94. The lowest BCUT2D eigenvalue weighted by molar-refractivity contribution is 0.0926. The van der Waals surface area contributed by atoms with Crippen LogP contribution in [0.4, 0.5) is 5.69 Å². The van der Waals surface area contributed by atoms with Gasteiger partial charge in [0.1, 0.15) is 12.7 Å². The first-order valence-corrected chi connectivity index (χ1v) is 17.5. The Kier molecular flexibility index (Phi) is 7.26. The molecule has 0 saturated carbocycles. The van der Waals surface area contributed by atoms with Crippen LogP contribution in [0.5, 0.6) is 0 Å². The van der Waals surface area contributed by atoms with Crippen LogP contribution in [0.3, 0.4) is 0 Å². The van der Waals surface area contributed by atoms with E-state index in [0.717, 1.165) is 66.3 Å². The molecule has 2 amide bonds. The number of rotatable bonds is 6. The van der Waals surface area contributed by atoms with E-state index in [1.165, 1.54) is 17.6 Å². The van der Waals surface area contributed by atoms with Crippen molar-refractivity contribution in [2.75, 3.05) is 4.90 Å². The Morgan fingerprint density at radius 2 is 0.889 bits per heavy atom. The van der Waals surface area contributed by atoms with Crippen molar-refractivity contribution in [1.82, 2.24) is 24.5 Å². The molecule has 0 bridgehead atoms. The van der Waals surface area contributed by atoms with E-state index in [1.54, 1.807) is 30.9 Å². The van der Waals surface area contributed by atoms with Gasteiger partial charge in [-0.05, 0) is 52.6 Å². The molecule has 54 heavy (non-hydrogen) atoms. The molecule has 0 spiro atoms. The second-order valence-corrected chi connectivity index (χ2v) is 13.1. The van der Waals surface area contributed by atoms with Gasteiger partial charge in [-0.15, -0.1) is 0 Å². The predicted octanol–water partition coefficient (Wildman–Crippen LogP) is 9.83. The molecule has 8 nitrogen and oxygen atoms in total. The normalized spacial score (nSPS) is 12.5. The van der Waals surface area contributed by atoms with Gasteiger partial charge >= 0.3 is 0 Å². The number of para-hydroxylation sites is 2. The van der Waals surface area contributed by atoms with Gasteiger partial charge in [0.15, 0.2) is 0 Å². The molecule has 8 heteroatoms. The molecule has 6 aromatic carbocycles. The van der Waals surface area contributed by atoms with Crippen LogP contribution in [0.25, 0.3) is 72.0 Å². The highest BCUT2D eigenvalue weighted by atomic mass is 16.2. The molecule has 254 valence electrons. The van der Waals surface area contributed by atoms with Gasteiger partial charge in [0.2, 0.25) is 0 Å². The number of hydrogen-bond donors (Lipinski definition) is 0. The maximum atomic E-state index is 15.1. The van der Waals surface area contributed by atoms with Crippen LogP contribution < -0.4 is 4.90 Å². The van der Waals surface area contributed by atoms with Crippen LogP contribution in [-0.2, 0) is 0 Å². The molecule has 9 aromatic rings. The van der Waals surface area contributed by atoms with Gasteiger partial charge < -0.3 is 4.57 Å². The summed E-state index contributed by atoms with van der Waals surface area (Å²) in [7, 11) is 0. The van der Waals surface area contributed by atoms with Crippen molar-refractivity contribution < 1.29 is 9.59 Å². The van der Waals surface area contributed by atoms with Crippen LogP contribution in [0, 0.1) is 0 Å². The highest BCUT2D eigenvalue weighted by Gasteiger charge is 2.40. The fourth-order valence-corrected chi connectivity index (χ4v) is 7.72. The highest BCUT2D eigenvalue weighted by Crippen LogP contribution is 2.44. The first-order valence-electron chi connectivity index (χ1n) is 17.5. The number of imide groups is 1. The SMILES string of the molecule is O=C1c2cccc(-n3c4c(-c5cncnc5)cccc4c4cccc(-c5cncnc5)c43)c2C(=O)N1c1cc(-c2ccccc2)cc(-c2ccccc2)c1. The number of benzene rings is 6. The number of aromatic nitrogens is 5. The maximum Gasteiger partial charge on any atom is 0.268 e. The highest BCUT2D eigenvalue weighted by molar-refractivity contribution is 6.36. The van der Waals surface area contributed by atoms with E-state index in [1.807, 2.05) is 109 Å². The summed E-state index contributed by atoms with van der Waals surface area (Å²) in [6, 6.07) is 43.7. The van der Waals surface area contributed by atoms with Crippen molar-refractivity contribution in [1.29, 1.82) is 0 Å². The number of carbonyl (C=O) groups excluding carboxylic acids is 2. The Morgan fingerprint density at radius 1 is 0.407 bits per heavy atom. The summed E-state index contributed by atoms with van der Waals surface area (Å²) in [4.78, 5) is 48.3. The quantitative estimate of drug-likeness (QED) is 0.161. The van der Waals surface area contributed by atoms with Crippen molar-refractivity contribution in [2.24, 2.45) is 0 Å². The lowest BCUT2D eigenvalue weighted by Crippen LogP contribution is -2.29. The third-order valence-corrected chi connectivity index (χ3v) is 10.1. The standard InChI is InChI=1S/C46H28N6O2/c53-45-40-18-9-19-41(42(40)46(54)51(45)35-21-31(29-10-3-1-4-11-29)20-32(22-35)30-12-5-2-6-13-30)52-43-36(33-23-47-27-48-24-33)14-7-16-38(43)39-17-8-15-37(44(39)52)34-25-49-28-50-26-34/h1-28H. The number of amides is 2. The van der Waals surface area contributed by atoms with E-state index in [4.69, 9.17) is 0 Å². The van der Waals surface area contributed by atoms with Gasteiger partial charge in [-0.3, -0.25) is 9.59 Å². The van der Waals surface area contributed by atoms with Crippen LogP contribution in [0.2, 0.25) is 0 Å². The summed E-state index contributed by atoms with van der Waals surface area (Å²) < 4.78 is 2.11. The Balaban J connectivity index is 1.24. The fraction of sp³-hybridized carbons (Fsp3) is 0. The number of nitrogens with zero attached hydrogens (tertiary/aromatic N) is 6. The first kappa shape index (κ1) is 31.2. The zero-order valence-corrected chi connectivity index (χ0v) is 28.7. The average Bonchev–Trinajstić information content (AvgIpc) is 3.72. The maximum absolute atomic E-state index is 15.1. The largest absolute Gasteiger partial charge is 0.307 e. The summed E-state index contributed by atoms with van der Waals surface area (Å²) in [5.74, 6) is -0.777. The van der Waals surface area contributed by atoms with Crippen LogP contribution in [-0.4, -0.2) is 36.3 Å². The molecule has 1 aliphatic heterocycles. The van der Waals surface area contributed by atoms with Crippen LogP contribution >= 0.6 is 0 Å². The molecular weight excluding hydrogens is 669 g/mol. The Labute approximate surface area is 309 Å². The van der Waals surface area contributed by atoms with Crippen molar-refractivity contribution in [2.45, 2.75) is 0 Å². The molecule has 0 N–H and O–H groups in total. The molecule has 0 radical (unpaired) electrons. The molecule has 0 saturated heterocycles. The molecule has 0 aliphatic carbocycles. The predicted molar refractivity (Wildman–Crippen MR) is 211 cm³/mol. The number of anilines is 1. The monoisotopic (exact) mass is 696 g/mol. The van der Waals surface area contributed by atoms with Crippen LogP contribution in [0.15, 0.2) is 171 Å². The second kappa shape index (κ2) is 12.6. The Bertz CT molecular complexity index is 2760. The molecular formula is C46H28N6O2. The number of hydrogen-bond acceptors (Lipinski definition) is 6. The summed E-state index contributed by atoms with van der Waals surface area (Å²) in [6.07, 6.45) is 10.1. The third-order valence-electron chi connectivity index (χ3n) is 10.1. The third kappa shape index (κ3) is 4.92. The van der Waals surface area contributed by atoms with Gasteiger partial charge in [0.25, 0.3) is 11.8 Å². The second-order valence-electron chi connectivity index (χ2n) is 13.1. The molecule has 0 fully saturated rings. The zero-order chi connectivity index (χ0) is 36.2. The van der Waals surface area contributed by atoms with E-state index >= 15 is 4.79 Å². The zero-order valence-electron chi connectivity index (χ0n) is 28.7. The smallest absolute Gasteiger partial charge is 0.268 e. The lowest BCUT2D eigenvalue weighted by Gasteiger charge is -2.18. The van der Waals surface area contributed by atoms with Crippen molar-refractivity contribution in [3.8, 4) is 50.2 Å². The minimum absolute atomic E-state index is 0.325. The minimum Gasteiger partial charge on any atom is -0.307 e. The molecule has 3 aromatic heterocycles. The van der Waals surface area contributed by atoms with Crippen molar-refractivity contribution in [3.05, 3.63) is 182 Å². The van der Waals surface area contributed by atoms with E-state index in [0.29, 0.717) is 22.5 Å². The molecule has 0 unspecified atom stereocenters. The van der Waals surface area contributed by atoms with Gasteiger partial charge in [0, 0.05) is 57.8 Å². The molecule has 0 atom stereocenters. The molecule has 1 aliphatic rings. The molecule has 10 rings (SSSR count). The van der Waals surface area contributed by atoms with Gasteiger partial charge in [-0.1, -0.05) is 103 Å². The van der Waals surface area contributed by atoms with E-state index in [-0.39, 0.29) is 5.91 Å². The molecule has 4 heterocycles. The average molecular weight is 697 g/mol. The van der Waals surface area contributed by atoms with E-state index < -0.39 is 5.91 Å². The van der Waals surface area contributed by atoms with Crippen molar-refractivity contribution in [3.63, 3.8) is 0 Å². The summed E-state index contributed by atoms with van der Waals surface area (Å²) >= 11 is 0. The van der Waals surface area contributed by atoms with E-state index in [2.05, 4.69) is 42.7 Å². The van der Waals surface area contributed by atoms with Gasteiger partial charge in [-0.2, -0.15) is 0 Å². The Hall–Kier alpha value is -7.58. The Morgan fingerprint density at radius 3 is 1.41 bits per heavy atom. The minimum atomic E-state index is -0.397. The first-order chi connectivity index (χ1) is 26.7. The number of carbonyl (C=O) groups is 2. The van der Waals surface area contributed by atoms with Crippen LogP contribution in [0.1, 0.15) is 20.7 Å². The fourth-order valence-electron chi connectivity index (χ4n) is 7.72. The lowest BCUT2D eigenvalue weighted by atomic mass is 9.97.